The lowest BCUT2D eigenvalue weighted by Gasteiger charge is -2.13. The van der Waals surface area contributed by atoms with Crippen LogP contribution in [-0.4, -0.2) is 19.5 Å². The smallest absolute Gasteiger partial charge is 0.164 e. The molecule has 8 aromatic carbocycles. The summed E-state index contributed by atoms with van der Waals surface area (Å²) in [6, 6.07) is 63.4. The third-order valence-electron chi connectivity index (χ3n) is 10.4. The molecule has 0 aliphatic heterocycles. The van der Waals surface area contributed by atoms with Gasteiger partial charge in [0, 0.05) is 38.2 Å². The third kappa shape index (κ3) is 4.83. The normalized spacial score (nSPS) is 11.7. The summed E-state index contributed by atoms with van der Waals surface area (Å²) in [5.74, 6) is 1.83. The zero-order valence-electron chi connectivity index (χ0n) is 29.0. The highest BCUT2D eigenvalue weighted by Crippen LogP contribution is 2.42. The molecule has 0 amide bonds. The summed E-state index contributed by atoms with van der Waals surface area (Å²) in [7, 11) is 0. The first-order valence-electron chi connectivity index (χ1n) is 18.1. The topological polar surface area (TPSA) is 56.7 Å². The van der Waals surface area contributed by atoms with Gasteiger partial charge in [-0.3, -0.25) is 0 Å². The first-order chi connectivity index (χ1) is 26.8. The maximum Gasteiger partial charge on any atom is 0.164 e. The van der Waals surface area contributed by atoms with Crippen molar-refractivity contribution in [1.82, 2.24) is 19.5 Å². The van der Waals surface area contributed by atoms with Gasteiger partial charge in [-0.25, -0.2) is 15.0 Å². The van der Waals surface area contributed by atoms with E-state index in [0.717, 1.165) is 60.9 Å². The van der Waals surface area contributed by atoms with Crippen molar-refractivity contribution in [2.24, 2.45) is 0 Å². The molecule has 3 heterocycles. The van der Waals surface area contributed by atoms with Crippen LogP contribution in [0.25, 0.3) is 105 Å². The van der Waals surface area contributed by atoms with Gasteiger partial charge in [0.25, 0.3) is 0 Å². The second kappa shape index (κ2) is 12.1. The van der Waals surface area contributed by atoms with Gasteiger partial charge in [0.2, 0.25) is 0 Å². The molecular formula is C49H30N4O. The van der Waals surface area contributed by atoms with Crippen LogP contribution in [0.2, 0.25) is 0 Å². The van der Waals surface area contributed by atoms with E-state index in [2.05, 4.69) is 126 Å². The molecule has 0 unspecified atom stereocenters. The number of fused-ring (bicyclic) bond motifs is 7. The predicted octanol–water partition coefficient (Wildman–Crippen LogP) is 12.7. The number of benzene rings is 8. The molecule has 54 heavy (non-hydrogen) atoms. The van der Waals surface area contributed by atoms with Crippen molar-refractivity contribution in [3.63, 3.8) is 0 Å². The quantitative estimate of drug-likeness (QED) is 0.180. The number of furan rings is 1. The van der Waals surface area contributed by atoms with Crippen molar-refractivity contribution in [3.05, 3.63) is 182 Å². The molecule has 0 aliphatic rings. The molecule has 0 fully saturated rings. The van der Waals surface area contributed by atoms with E-state index < -0.39 is 0 Å². The summed E-state index contributed by atoms with van der Waals surface area (Å²) in [6.45, 7) is 0. The first-order valence-corrected chi connectivity index (χ1v) is 18.1. The second-order valence-electron chi connectivity index (χ2n) is 13.6. The Morgan fingerprint density at radius 1 is 0.370 bits per heavy atom. The lowest BCUT2D eigenvalue weighted by molar-refractivity contribution is 0.666. The Labute approximate surface area is 310 Å². The molecule has 5 nitrogen and oxygen atoms in total. The molecule has 0 aliphatic carbocycles. The number of para-hydroxylation sites is 2. The average molecular weight is 691 g/mol. The minimum absolute atomic E-state index is 0.587. The number of nitrogens with zero attached hydrogens (tertiary/aromatic N) is 4. The fourth-order valence-electron chi connectivity index (χ4n) is 7.92. The molecule has 5 heteroatoms. The summed E-state index contributed by atoms with van der Waals surface area (Å²) < 4.78 is 9.34. The number of aromatic nitrogens is 4. The van der Waals surface area contributed by atoms with Crippen LogP contribution in [0.15, 0.2) is 186 Å². The first kappa shape index (κ1) is 30.3. The van der Waals surface area contributed by atoms with Crippen LogP contribution in [0, 0.1) is 0 Å². The van der Waals surface area contributed by atoms with E-state index in [1.807, 2.05) is 60.7 Å². The molecule has 0 saturated heterocycles. The van der Waals surface area contributed by atoms with E-state index in [0.29, 0.717) is 17.5 Å². The van der Waals surface area contributed by atoms with Gasteiger partial charge in [0.15, 0.2) is 23.1 Å². The Balaban J connectivity index is 1.18. The highest BCUT2D eigenvalue weighted by Gasteiger charge is 2.21. The minimum atomic E-state index is 0.587. The predicted molar refractivity (Wildman–Crippen MR) is 221 cm³/mol. The zero-order chi connectivity index (χ0) is 35.6. The molecule has 0 atom stereocenters. The van der Waals surface area contributed by atoms with Crippen molar-refractivity contribution in [1.29, 1.82) is 0 Å². The van der Waals surface area contributed by atoms with Gasteiger partial charge in [-0.15, -0.1) is 0 Å². The monoisotopic (exact) mass is 690 g/mol. The maximum atomic E-state index is 6.98. The molecule has 11 rings (SSSR count). The molecule has 0 N–H and O–H groups in total. The van der Waals surface area contributed by atoms with Crippen molar-refractivity contribution in [2.45, 2.75) is 0 Å². The van der Waals surface area contributed by atoms with Crippen LogP contribution in [0.5, 0.6) is 0 Å². The molecule has 11 aromatic rings. The summed E-state index contributed by atoms with van der Waals surface area (Å²) in [4.78, 5) is 14.9. The van der Waals surface area contributed by atoms with Crippen LogP contribution in [0.3, 0.4) is 0 Å². The molecule has 0 spiro atoms. The fraction of sp³-hybridized carbons (Fsp3) is 0. The van der Waals surface area contributed by atoms with Crippen LogP contribution in [-0.2, 0) is 0 Å². The Bertz CT molecular complexity index is 3100. The van der Waals surface area contributed by atoms with E-state index in [4.69, 9.17) is 19.4 Å². The average Bonchev–Trinajstić information content (AvgIpc) is 3.79. The zero-order valence-corrected chi connectivity index (χ0v) is 29.0. The second-order valence-corrected chi connectivity index (χ2v) is 13.6. The Kier molecular flexibility index (Phi) is 6.79. The summed E-state index contributed by atoms with van der Waals surface area (Å²) >= 11 is 0. The van der Waals surface area contributed by atoms with Crippen LogP contribution in [0.4, 0.5) is 0 Å². The Morgan fingerprint density at radius 3 is 1.59 bits per heavy atom. The molecule has 0 saturated carbocycles. The standard InChI is InChI=1S/C49H30N4O/c1-3-15-32(16-4-1)47-50-48(33-17-5-2-6-18-33)52-49(51-47)34-26-27-40-41-28-35(37-23-13-19-31-14-7-8-20-36(31)37)29-44(46(41)54-45(40)30-34)53-42-24-11-9-21-38(42)39-22-10-12-25-43(39)53/h1-30H. The van der Waals surface area contributed by atoms with E-state index in [1.54, 1.807) is 0 Å². The van der Waals surface area contributed by atoms with Crippen LogP contribution < -0.4 is 0 Å². The highest BCUT2D eigenvalue weighted by atomic mass is 16.3. The highest BCUT2D eigenvalue weighted by molar-refractivity contribution is 6.14. The molecule has 3 aromatic heterocycles. The third-order valence-corrected chi connectivity index (χ3v) is 10.4. The number of hydrogen-bond donors (Lipinski definition) is 0. The van der Waals surface area contributed by atoms with Gasteiger partial charge in [-0.05, 0) is 58.3 Å². The van der Waals surface area contributed by atoms with Crippen molar-refractivity contribution < 1.29 is 4.42 Å². The van der Waals surface area contributed by atoms with E-state index in [1.165, 1.54) is 27.1 Å². The molecule has 252 valence electrons. The maximum absolute atomic E-state index is 6.98. The van der Waals surface area contributed by atoms with Crippen molar-refractivity contribution >= 4 is 54.5 Å². The Hall–Kier alpha value is -7.37. The SMILES string of the molecule is c1ccc(-c2nc(-c3ccccc3)nc(-c3ccc4c(c3)oc3c(-n5c6ccccc6c6ccccc65)cc(-c5cccc6ccccc56)cc34)n2)cc1. The molecular weight excluding hydrogens is 661 g/mol. The summed E-state index contributed by atoms with van der Waals surface area (Å²) in [5.41, 5.74) is 9.85. The van der Waals surface area contributed by atoms with E-state index in [9.17, 15) is 0 Å². The van der Waals surface area contributed by atoms with Gasteiger partial charge in [0.05, 0.1) is 16.7 Å². The number of hydrogen-bond acceptors (Lipinski definition) is 4. The van der Waals surface area contributed by atoms with Crippen molar-refractivity contribution in [2.75, 3.05) is 0 Å². The van der Waals surface area contributed by atoms with Gasteiger partial charge < -0.3 is 8.98 Å². The minimum Gasteiger partial charge on any atom is -0.454 e. The summed E-state index contributed by atoms with van der Waals surface area (Å²) in [5, 5.41) is 6.89. The van der Waals surface area contributed by atoms with Gasteiger partial charge in [-0.1, -0.05) is 146 Å². The van der Waals surface area contributed by atoms with Gasteiger partial charge in [0.1, 0.15) is 5.58 Å². The van der Waals surface area contributed by atoms with Gasteiger partial charge >= 0.3 is 0 Å². The lowest BCUT2D eigenvalue weighted by atomic mass is 9.96. The van der Waals surface area contributed by atoms with Crippen LogP contribution in [0.1, 0.15) is 0 Å². The lowest BCUT2D eigenvalue weighted by Crippen LogP contribution is -2.00. The van der Waals surface area contributed by atoms with Crippen LogP contribution >= 0.6 is 0 Å². The summed E-state index contributed by atoms with van der Waals surface area (Å²) in [6.07, 6.45) is 0. The molecule has 0 radical (unpaired) electrons. The largest absolute Gasteiger partial charge is 0.454 e. The van der Waals surface area contributed by atoms with E-state index in [-0.39, 0.29) is 0 Å². The van der Waals surface area contributed by atoms with E-state index >= 15 is 0 Å². The Morgan fingerprint density at radius 2 is 0.926 bits per heavy atom. The molecule has 0 bridgehead atoms. The number of rotatable bonds is 5. The fourth-order valence-corrected chi connectivity index (χ4v) is 7.92. The van der Waals surface area contributed by atoms with Crippen molar-refractivity contribution in [3.8, 4) is 51.0 Å². The van der Waals surface area contributed by atoms with Gasteiger partial charge in [-0.2, -0.15) is 0 Å².